The average Bonchev–Trinajstić information content (AvgIpc) is 3.34. The molecule has 8 rings (SSSR count). The summed E-state index contributed by atoms with van der Waals surface area (Å²) in [4.78, 5) is 46.9. The van der Waals surface area contributed by atoms with Gasteiger partial charge in [0.1, 0.15) is 78.5 Å². The summed E-state index contributed by atoms with van der Waals surface area (Å²) in [6, 6.07) is 0. The predicted molar refractivity (Wildman–Crippen MR) is 249 cm³/mol. The van der Waals surface area contributed by atoms with Crippen LogP contribution in [0.1, 0.15) is 0 Å². The summed E-state index contributed by atoms with van der Waals surface area (Å²) in [5.41, 5.74) is 0. The zero-order valence-electron chi connectivity index (χ0n) is 42.6. The molecule has 4 N–H and O–H groups in total. The summed E-state index contributed by atoms with van der Waals surface area (Å²) < 4.78 is 68.7. The fraction of sp³-hybridized carbons (Fsp3) is 0.750. The smallest absolute Gasteiger partial charge is 0.373 e. The van der Waals surface area contributed by atoms with Gasteiger partial charge in [0, 0.05) is 0 Å². The summed E-state index contributed by atoms with van der Waals surface area (Å²) in [5, 5.41) is 0. The molecule has 388 valence electrons. The number of hydrogen-bond acceptors (Lipinski definition) is 16. The van der Waals surface area contributed by atoms with E-state index in [-0.39, 0.29) is 126 Å². The first kappa shape index (κ1) is 68.3. The van der Waals surface area contributed by atoms with Gasteiger partial charge in [0.15, 0.2) is 23.1 Å². The Hall–Kier alpha value is 0.273. The molecular formula is C48H84K2N4O16+6. The molecule has 4 bridgehead atoms. The van der Waals surface area contributed by atoms with E-state index in [0.717, 1.165) is 158 Å². The van der Waals surface area contributed by atoms with Crippen LogP contribution in [0, 0.1) is 0 Å². The molecule has 0 amide bonds. The summed E-state index contributed by atoms with van der Waals surface area (Å²) in [6.45, 7) is 28.2. The second kappa shape index (κ2) is 50.1. The Balaban J connectivity index is 0.000000520. The molecule has 0 aromatic rings. The molecule has 6 fully saturated rings. The molecule has 22 heteroatoms. The number of fused-ring (bicyclic) bond motifs is 42. The fourth-order valence-electron chi connectivity index (χ4n) is 6.91. The Morgan fingerprint density at radius 3 is 0.400 bits per heavy atom. The second-order valence-electron chi connectivity index (χ2n) is 16.3. The number of rotatable bonds is 0. The van der Waals surface area contributed by atoms with E-state index in [9.17, 15) is 19.2 Å². The first-order valence-electron chi connectivity index (χ1n) is 24.6. The minimum Gasteiger partial charge on any atom is -0.373 e. The summed E-state index contributed by atoms with van der Waals surface area (Å²) in [6.07, 6.45) is 10.0. The predicted octanol–water partition coefficient (Wildman–Crippen LogP) is -11.7. The average molecular weight is 1050 g/mol. The zero-order chi connectivity index (χ0) is 48.2. The molecule has 6 saturated heterocycles. The van der Waals surface area contributed by atoms with Crippen molar-refractivity contribution in [3.63, 3.8) is 0 Å². The van der Waals surface area contributed by atoms with Crippen molar-refractivity contribution in [2.75, 3.05) is 237 Å². The van der Waals surface area contributed by atoms with Crippen LogP contribution < -0.4 is 122 Å². The van der Waals surface area contributed by atoms with Gasteiger partial charge >= 0.3 is 103 Å². The van der Waals surface area contributed by atoms with Crippen LogP contribution in [0.15, 0.2) is 48.6 Å². The summed E-state index contributed by atoms with van der Waals surface area (Å²) in [5.74, 6) is -0.483. The van der Waals surface area contributed by atoms with E-state index in [2.05, 4.69) is 0 Å². The van der Waals surface area contributed by atoms with Crippen LogP contribution in [0.2, 0.25) is 0 Å². The van der Waals surface area contributed by atoms with Crippen LogP contribution in [0.3, 0.4) is 0 Å². The molecule has 70 heavy (non-hydrogen) atoms. The van der Waals surface area contributed by atoms with Crippen LogP contribution >= 0.6 is 0 Å². The molecule has 0 radical (unpaired) electrons. The minimum atomic E-state index is -0.121. The molecule has 6 aliphatic heterocycles. The van der Waals surface area contributed by atoms with Crippen LogP contribution in [0.4, 0.5) is 0 Å². The summed E-state index contributed by atoms with van der Waals surface area (Å²) in [7, 11) is 0. The van der Waals surface area contributed by atoms with Crippen molar-refractivity contribution in [2.45, 2.75) is 0 Å². The molecule has 0 aromatic heterocycles. The van der Waals surface area contributed by atoms with Gasteiger partial charge in [0.2, 0.25) is 0 Å². The molecule has 8 aliphatic rings. The molecule has 0 atom stereocenters. The van der Waals surface area contributed by atoms with Crippen molar-refractivity contribution < 1.29 is 198 Å². The van der Waals surface area contributed by atoms with Crippen molar-refractivity contribution in [3.05, 3.63) is 48.6 Å². The maximum Gasteiger partial charge on any atom is 1.00 e. The Morgan fingerprint density at radius 2 is 0.300 bits per heavy atom. The largest absolute Gasteiger partial charge is 1.00 e. The summed E-state index contributed by atoms with van der Waals surface area (Å²) >= 11 is 0. The van der Waals surface area contributed by atoms with E-state index in [1.54, 1.807) is 0 Å². The number of ketones is 4. The Bertz CT molecular complexity index is 1110. The standard InChI is InChI=1S/2C18H36N2O6.2C6H4O2.2K/c2*1-7-21-13-14-24-10-4-20-5-11-25-17-15-22-8-2-19(1)3-9-23-16-18-26-12-6-20;2*7-5-1-2-6(8)4-3-5;;/h2*1-18H2;2*1-4H;;/q;;;;2*+1/p+4. The third-order valence-electron chi connectivity index (χ3n) is 11.1. The van der Waals surface area contributed by atoms with E-state index in [4.69, 9.17) is 56.8 Å². The molecule has 2 aliphatic carbocycles. The van der Waals surface area contributed by atoms with Crippen molar-refractivity contribution in [3.8, 4) is 0 Å². The zero-order valence-corrected chi connectivity index (χ0v) is 48.9. The maximum atomic E-state index is 10.3. The SMILES string of the molecule is C1COCC[NH+]2CCOCCOCC[NH+](CCO1)CCOCCOCC2.C1COCC[NH+]2CCOCCOCC[NH+](CCO1)CCOCCOCC2.O=C1C=CC(=O)C=C1.O=C1C=CC(=O)C=C1.[K+].[K+]. The fourth-order valence-corrected chi connectivity index (χ4v) is 6.91. The van der Waals surface area contributed by atoms with Gasteiger partial charge in [-0.25, -0.2) is 0 Å². The van der Waals surface area contributed by atoms with Crippen LogP contribution in [-0.2, 0) is 76.0 Å². The Labute approximate surface area is 501 Å². The minimum absolute atomic E-state index is 0. The topological polar surface area (TPSA) is 197 Å². The number of ether oxygens (including phenoxy) is 12. The third kappa shape index (κ3) is 41.5. The van der Waals surface area contributed by atoms with Gasteiger partial charge in [-0.05, 0) is 48.6 Å². The quantitative estimate of drug-likeness (QED) is 0.132. The number of allylic oxidation sites excluding steroid dienone is 8. The molecular weight excluding hydrogens is 967 g/mol. The van der Waals surface area contributed by atoms with Crippen molar-refractivity contribution in [1.82, 2.24) is 0 Å². The monoisotopic (exact) mass is 1050 g/mol. The van der Waals surface area contributed by atoms with Gasteiger partial charge in [-0.15, -0.1) is 0 Å². The first-order valence-corrected chi connectivity index (χ1v) is 24.6. The maximum absolute atomic E-state index is 10.3. The van der Waals surface area contributed by atoms with Gasteiger partial charge < -0.3 is 76.4 Å². The number of nitrogens with one attached hydrogen (secondary N) is 4. The van der Waals surface area contributed by atoms with Crippen LogP contribution in [0.25, 0.3) is 0 Å². The Kier molecular flexibility index (Phi) is 48.9. The van der Waals surface area contributed by atoms with Crippen molar-refractivity contribution >= 4 is 23.1 Å². The van der Waals surface area contributed by atoms with Crippen LogP contribution in [-0.4, -0.2) is 260 Å². The molecule has 0 saturated carbocycles. The van der Waals surface area contributed by atoms with Gasteiger partial charge in [0.05, 0.1) is 159 Å². The second-order valence-corrected chi connectivity index (χ2v) is 16.3. The molecule has 0 spiro atoms. The molecule has 0 unspecified atom stereocenters. The first-order chi connectivity index (χ1) is 33.5. The molecule has 6 heterocycles. The van der Waals surface area contributed by atoms with Crippen molar-refractivity contribution in [2.24, 2.45) is 0 Å². The van der Waals surface area contributed by atoms with E-state index in [0.29, 0.717) is 79.3 Å². The number of carbonyl (C=O) groups excluding carboxylic acids is 4. The van der Waals surface area contributed by atoms with Gasteiger partial charge in [-0.2, -0.15) is 0 Å². The molecule has 20 nitrogen and oxygen atoms in total. The van der Waals surface area contributed by atoms with E-state index in [1.165, 1.54) is 68.2 Å². The van der Waals surface area contributed by atoms with E-state index in [1.807, 2.05) is 0 Å². The normalized spacial score (nSPS) is 26.6. The number of carbonyl (C=O) groups is 4. The van der Waals surface area contributed by atoms with Gasteiger partial charge in [-0.3, -0.25) is 19.2 Å². The van der Waals surface area contributed by atoms with Gasteiger partial charge in [-0.1, -0.05) is 0 Å². The van der Waals surface area contributed by atoms with Gasteiger partial charge in [0.25, 0.3) is 0 Å². The number of hydrogen-bond donors (Lipinski definition) is 4. The third-order valence-corrected chi connectivity index (χ3v) is 11.1. The van der Waals surface area contributed by atoms with Crippen LogP contribution in [0.5, 0.6) is 0 Å². The molecule has 0 aromatic carbocycles. The van der Waals surface area contributed by atoms with E-state index >= 15 is 0 Å². The van der Waals surface area contributed by atoms with Crippen molar-refractivity contribution in [1.29, 1.82) is 0 Å². The van der Waals surface area contributed by atoms with E-state index < -0.39 is 0 Å². The Morgan fingerprint density at radius 1 is 0.200 bits per heavy atom. The number of quaternary nitrogens is 4.